The SMILES string of the molecule is O=C(CCNC(=O)OCc1ccccc1)Nc1c(Cl)nc(Cl)[nH]c1=O.O=C(NCCc1nc2c(Cl)nc(Cl)nc2o1)OCc1ccccc1. The summed E-state index contributed by atoms with van der Waals surface area (Å²) in [7, 11) is 0. The van der Waals surface area contributed by atoms with Gasteiger partial charge >= 0.3 is 12.2 Å². The van der Waals surface area contributed by atoms with Crippen molar-refractivity contribution in [3.05, 3.63) is 109 Å². The molecule has 0 radical (unpaired) electrons. The van der Waals surface area contributed by atoms with E-state index in [2.05, 4.69) is 40.9 Å². The summed E-state index contributed by atoms with van der Waals surface area (Å²) in [6.07, 6.45) is -0.902. The average Bonchev–Trinajstić information content (AvgIpc) is 3.49. The fourth-order valence-corrected chi connectivity index (χ4v) is 4.58. The van der Waals surface area contributed by atoms with Gasteiger partial charge in [0.2, 0.25) is 16.5 Å². The normalized spacial score (nSPS) is 10.4. The number of aromatic amines is 1. The third-order valence-electron chi connectivity index (χ3n) is 6.00. The Balaban J connectivity index is 0.000000221. The van der Waals surface area contributed by atoms with E-state index in [0.29, 0.717) is 24.4 Å². The summed E-state index contributed by atoms with van der Waals surface area (Å²) in [5.74, 6) is -0.160. The number of amides is 3. The number of anilines is 1. The molecule has 3 amide bonds. The number of fused-ring (bicyclic) bond motifs is 1. The van der Waals surface area contributed by atoms with Gasteiger partial charge in [-0.3, -0.25) is 14.6 Å². The number of alkyl carbamates (subject to hydrolysis) is 2. The Morgan fingerprint density at radius 2 is 1.35 bits per heavy atom. The highest BCUT2D eigenvalue weighted by atomic mass is 35.5. The molecule has 19 heteroatoms. The first-order valence-corrected chi connectivity index (χ1v) is 15.7. The molecule has 0 fully saturated rings. The lowest BCUT2D eigenvalue weighted by molar-refractivity contribution is -0.116. The van der Waals surface area contributed by atoms with E-state index < -0.39 is 23.7 Å². The molecular formula is C30H26Cl4N8O7. The number of carbonyl (C=O) groups excluding carboxylic acids is 3. The standard InChI is InChI=1S/C15H14Cl2N4O4.C15H12Cl2N4O3/c16-12-11(13(23)21-14(17)20-12)19-10(22)6-7-18-15(24)25-8-9-4-2-1-3-5-9;16-12-11-13(21-14(17)20-12)24-10(19-11)6-7-18-15(22)23-8-9-4-2-1-3-5-9/h1-5H,6-8H2,(H,18,24)(H,19,22)(H,20,21,23);1-5H,6-8H2,(H,18,22). The van der Waals surface area contributed by atoms with E-state index in [-0.39, 0.29) is 58.5 Å². The van der Waals surface area contributed by atoms with Crippen LogP contribution in [0.2, 0.25) is 20.9 Å². The summed E-state index contributed by atoms with van der Waals surface area (Å²) in [5.41, 5.74) is 1.43. The number of benzene rings is 2. The molecular weight excluding hydrogens is 726 g/mol. The molecule has 0 atom stereocenters. The first kappa shape index (κ1) is 36.9. The summed E-state index contributed by atoms with van der Waals surface area (Å²) >= 11 is 22.9. The lowest BCUT2D eigenvalue weighted by Gasteiger charge is -2.08. The smallest absolute Gasteiger partial charge is 0.407 e. The van der Waals surface area contributed by atoms with Crippen LogP contribution >= 0.6 is 46.4 Å². The van der Waals surface area contributed by atoms with Crippen molar-refractivity contribution in [1.29, 1.82) is 0 Å². The van der Waals surface area contributed by atoms with Crippen LogP contribution in [0.4, 0.5) is 15.3 Å². The zero-order valence-electron chi connectivity index (χ0n) is 25.2. The van der Waals surface area contributed by atoms with Crippen molar-refractivity contribution in [3.63, 3.8) is 0 Å². The Labute approximate surface area is 297 Å². The quantitative estimate of drug-likeness (QED) is 0.0949. The minimum absolute atomic E-state index is 0.0159. The van der Waals surface area contributed by atoms with Crippen molar-refractivity contribution in [3.8, 4) is 0 Å². The molecule has 3 aromatic heterocycles. The van der Waals surface area contributed by atoms with Crippen molar-refractivity contribution in [2.75, 3.05) is 18.4 Å². The maximum absolute atomic E-state index is 11.8. The van der Waals surface area contributed by atoms with E-state index in [0.717, 1.165) is 11.1 Å². The minimum atomic E-state index is -0.673. The Kier molecular flexibility index (Phi) is 14.0. The van der Waals surface area contributed by atoms with Crippen molar-refractivity contribution < 1.29 is 28.3 Å². The highest BCUT2D eigenvalue weighted by molar-refractivity contribution is 6.35. The molecule has 5 rings (SSSR count). The van der Waals surface area contributed by atoms with Gasteiger partial charge in [-0.2, -0.15) is 4.98 Å². The van der Waals surface area contributed by atoms with Gasteiger partial charge in [-0.15, -0.1) is 0 Å². The molecule has 0 saturated carbocycles. The number of H-pyrrole nitrogens is 1. The second-order valence-electron chi connectivity index (χ2n) is 9.59. The Hall–Kier alpha value is -4.96. The van der Waals surface area contributed by atoms with Crippen molar-refractivity contribution in [1.82, 2.24) is 35.6 Å². The number of rotatable bonds is 11. The Morgan fingerprint density at radius 1 is 0.755 bits per heavy atom. The number of aromatic nitrogens is 5. The molecule has 15 nitrogen and oxygen atoms in total. The third-order valence-corrected chi connectivity index (χ3v) is 6.88. The van der Waals surface area contributed by atoms with Gasteiger partial charge in [0.15, 0.2) is 21.7 Å². The number of halogens is 4. The predicted octanol–water partition coefficient (Wildman–Crippen LogP) is 5.73. The molecule has 5 aromatic rings. The van der Waals surface area contributed by atoms with Crippen molar-refractivity contribution in [2.45, 2.75) is 26.1 Å². The molecule has 0 aliphatic rings. The largest absolute Gasteiger partial charge is 0.445 e. The van der Waals surface area contributed by atoms with Crippen LogP contribution in [0.25, 0.3) is 11.2 Å². The van der Waals surface area contributed by atoms with Crippen LogP contribution in [0.1, 0.15) is 23.4 Å². The van der Waals surface area contributed by atoms with E-state index in [1.165, 1.54) is 0 Å². The maximum Gasteiger partial charge on any atom is 0.407 e. The van der Waals surface area contributed by atoms with E-state index in [1.54, 1.807) is 0 Å². The van der Waals surface area contributed by atoms with Gasteiger partial charge in [0, 0.05) is 25.9 Å². The second-order valence-corrected chi connectivity index (χ2v) is 11.0. The van der Waals surface area contributed by atoms with E-state index in [4.69, 9.17) is 60.3 Å². The van der Waals surface area contributed by atoms with Crippen LogP contribution in [-0.4, -0.2) is 56.1 Å². The molecule has 3 heterocycles. The summed E-state index contributed by atoms with van der Waals surface area (Å²) in [4.78, 5) is 64.3. The molecule has 2 aromatic carbocycles. The first-order chi connectivity index (χ1) is 23.6. The van der Waals surface area contributed by atoms with Crippen LogP contribution in [-0.2, 0) is 33.9 Å². The van der Waals surface area contributed by atoms with Crippen LogP contribution in [0.3, 0.4) is 0 Å². The predicted molar refractivity (Wildman–Crippen MR) is 181 cm³/mol. The summed E-state index contributed by atoms with van der Waals surface area (Å²) in [6.45, 7) is 0.648. The fraction of sp³-hybridized carbons (Fsp3) is 0.200. The zero-order valence-corrected chi connectivity index (χ0v) is 28.2. The van der Waals surface area contributed by atoms with Gasteiger partial charge < -0.3 is 29.8 Å². The number of carbonyl (C=O) groups is 3. The van der Waals surface area contributed by atoms with E-state index >= 15 is 0 Å². The van der Waals surface area contributed by atoms with Gasteiger partial charge in [0.1, 0.15) is 18.9 Å². The van der Waals surface area contributed by atoms with Crippen LogP contribution < -0.4 is 21.5 Å². The van der Waals surface area contributed by atoms with Crippen molar-refractivity contribution >= 4 is 81.4 Å². The molecule has 0 bridgehead atoms. The molecule has 49 heavy (non-hydrogen) atoms. The molecule has 256 valence electrons. The van der Waals surface area contributed by atoms with Gasteiger partial charge in [-0.05, 0) is 34.3 Å². The lowest BCUT2D eigenvalue weighted by atomic mass is 10.2. The second kappa shape index (κ2) is 18.5. The zero-order chi connectivity index (χ0) is 35.2. The highest BCUT2D eigenvalue weighted by Crippen LogP contribution is 2.22. The molecule has 0 spiro atoms. The van der Waals surface area contributed by atoms with Crippen LogP contribution in [0, 0.1) is 0 Å². The van der Waals surface area contributed by atoms with Gasteiger partial charge in [-0.1, -0.05) is 83.9 Å². The third kappa shape index (κ3) is 12.2. The maximum atomic E-state index is 11.8. The summed E-state index contributed by atoms with van der Waals surface area (Å²) < 4.78 is 15.5. The Bertz CT molecular complexity index is 1950. The molecule has 0 aliphatic carbocycles. The minimum Gasteiger partial charge on any atom is -0.445 e. The Morgan fingerprint density at radius 3 is 1.94 bits per heavy atom. The molecule has 0 unspecified atom stereocenters. The van der Waals surface area contributed by atoms with Gasteiger partial charge in [0.05, 0.1) is 0 Å². The van der Waals surface area contributed by atoms with Crippen molar-refractivity contribution in [2.24, 2.45) is 0 Å². The number of hydrogen-bond acceptors (Lipinski definition) is 11. The summed E-state index contributed by atoms with van der Waals surface area (Å²) in [6, 6.07) is 18.6. The molecule has 4 N–H and O–H groups in total. The number of nitrogens with zero attached hydrogens (tertiary/aromatic N) is 4. The highest BCUT2D eigenvalue weighted by Gasteiger charge is 2.14. The molecule has 0 saturated heterocycles. The monoisotopic (exact) mass is 750 g/mol. The fourth-order valence-electron chi connectivity index (χ4n) is 3.74. The van der Waals surface area contributed by atoms with Gasteiger partial charge in [0.25, 0.3) is 11.3 Å². The number of ether oxygens (including phenoxy) is 2. The topological polar surface area (TPSA) is 203 Å². The number of nitrogens with one attached hydrogen (secondary N) is 4. The summed E-state index contributed by atoms with van der Waals surface area (Å²) in [5, 5.41) is 7.05. The van der Waals surface area contributed by atoms with E-state index in [1.807, 2.05) is 60.7 Å². The number of hydrogen-bond donors (Lipinski definition) is 4. The molecule has 0 aliphatic heterocycles. The van der Waals surface area contributed by atoms with Gasteiger partial charge in [-0.25, -0.2) is 24.5 Å². The van der Waals surface area contributed by atoms with E-state index in [9.17, 15) is 19.2 Å². The van der Waals surface area contributed by atoms with Crippen LogP contribution in [0.5, 0.6) is 0 Å². The van der Waals surface area contributed by atoms with Crippen LogP contribution in [0.15, 0.2) is 69.9 Å². The number of oxazole rings is 1. The lowest BCUT2D eigenvalue weighted by Crippen LogP contribution is -2.29. The average molecular weight is 752 g/mol. The first-order valence-electron chi connectivity index (χ1n) is 14.2.